The first kappa shape index (κ1) is 17.9. The van der Waals surface area contributed by atoms with Gasteiger partial charge in [-0.3, -0.25) is 9.48 Å². The molecule has 26 heavy (non-hydrogen) atoms. The number of hydrogen-bond acceptors (Lipinski definition) is 2. The van der Waals surface area contributed by atoms with Crippen LogP contribution in [0.4, 0.5) is 5.82 Å². The molecule has 1 N–H and O–H groups in total. The van der Waals surface area contributed by atoms with Gasteiger partial charge in [-0.25, -0.2) is 0 Å². The monoisotopic (exact) mass is 347 g/mol. The molecule has 0 atom stereocenters. The summed E-state index contributed by atoms with van der Waals surface area (Å²) in [6.45, 7) is 6.32. The molecule has 0 saturated carbocycles. The number of aromatic nitrogens is 2. The fourth-order valence-corrected chi connectivity index (χ4v) is 2.77. The van der Waals surface area contributed by atoms with Gasteiger partial charge in [0.15, 0.2) is 0 Å². The number of anilines is 1. The van der Waals surface area contributed by atoms with Gasteiger partial charge in [0.05, 0.1) is 12.1 Å². The van der Waals surface area contributed by atoms with Gasteiger partial charge in [-0.15, -0.1) is 0 Å². The third-order valence-corrected chi connectivity index (χ3v) is 4.34. The molecule has 0 fully saturated rings. The van der Waals surface area contributed by atoms with Gasteiger partial charge < -0.3 is 5.32 Å². The maximum Gasteiger partial charge on any atom is 0.229 e. The third-order valence-electron chi connectivity index (χ3n) is 4.34. The van der Waals surface area contributed by atoms with Crippen LogP contribution in [0.2, 0.25) is 0 Å². The van der Waals surface area contributed by atoms with E-state index < -0.39 is 0 Å². The van der Waals surface area contributed by atoms with Crippen LogP contribution in [-0.2, 0) is 23.7 Å². The van der Waals surface area contributed by atoms with Crippen molar-refractivity contribution < 1.29 is 4.79 Å². The van der Waals surface area contributed by atoms with Crippen LogP contribution in [0.5, 0.6) is 0 Å². The molecule has 1 amide bonds. The lowest BCUT2D eigenvalue weighted by molar-refractivity contribution is -0.115. The van der Waals surface area contributed by atoms with Gasteiger partial charge in [-0.2, -0.15) is 5.10 Å². The molecule has 4 nitrogen and oxygen atoms in total. The van der Waals surface area contributed by atoms with Gasteiger partial charge in [-0.05, 0) is 16.7 Å². The summed E-state index contributed by atoms with van der Waals surface area (Å²) in [6, 6.07) is 20.3. The van der Waals surface area contributed by atoms with Crippen molar-refractivity contribution in [3.05, 3.63) is 71.9 Å². The highest BCUT2D eigenvalue weighted by Crippen LogP contribution is 2.23. The lowest BCUT2D eigenvalue weighted by Crippen LogP contribution is -2.16. The molecule has 0 radical (unpaired) electrons. The van der Waals surface area contributed by atoms with E-state index in [2.05, 4.69) is 55.5 Å². The molecule has 0 aliphatic heterocycles. The number of nitrogens with one attached hydrogen (secondary N) is 1. The summed E-state index contributed by atoms with van der Waals surface area (Å²) in [5.74, 6) is 0.682. The van der Waals surface area contributed by atoms with Crippen molar-refractivity contribution in [2.24, 2.45) is 7.05 Å². The fraction of sp³-hybridized carbons (Fsp3) is 0.273. The maximum atomic E-state index is 12.4. The number of aryl methyl sites for hydroxylation is 1. The second kappa shape index (κ2) is 7.16. The second-order valence-corrected chi connectivity index (χ2v) is 7.58. The molecule has 1 heterocycles. The zero-order chi connectivity index (χ0) is 18.7. The topological polar surface area (TPSA) is 46.9 Å². The molecule has 3 rings (SSSR count). The third kappa shape index (κ3) is 4.20. The molecule has 2 aromatic carbocycles. The van der Waals surface area contributed by atoms with E-state index in [9.17, 15) is 4.79 Å². The SMILES string of the molecule is Cn1nc(C(C)(C)C)cc1NC(=O)Cc1ccc(-c2ccccc2)cc1. The van der Waals surface area contributed by atoms with Crippen molar-refractivity contribution >= 4 is 11.7 Å². The van der Waals surface area contributed by atoms with E-state index in [1.807, 2.05) is 43.4 Å². The number of rotatable bonds is 4. The zero-order valence-electron chi connectivity index (χ0n) is 15.8. The number of amides is 1. The summed E-state index contributed by atoms with van der Waals surface area (Å²) in [5.41, 5.74) is 4.22. The lowest BCUT2D eigenvalue weighted by Gasteiger charge is -2.13. The van der Waals surface area contributed by atoms with E-state index in [0.29, 0.717) is 6.42 Å². The van der Waals surface area contributed by atoms with Crippen molar-refractivity contribution in [2.45, 2.75) is 32.6 Å². The number of carbonyl (C=O) groups excluding carboxylic acids is 1. The minimum Gasteiger partial charge on any atom is -0.311 e. The summed E-state index contributed by atoms with van der Waals surface area (Å²) in [6.07, 6.45) is 0.338. The molecular weight excluding hydrogens is 322 g/mol. The van der Waals surface area contributed by atoms with Crippen molar-refractivity contribution in [3.8, 4) is 11.1 Å². The van der Waals surface area contributed by atoms with Crippen LogP contribution in [0, 0.1) is 0 Å². The van der Waals surface area contributed by atoms with E-state index in [1.54, 1.807) is 4.68 Å². The first-order valence-corrected chi connectivity index (χ1v) is 8.82. The normalized spacial score (nSPS) is 11.4. The van der Waals surface area contributed by atoms with Gasteiger partial charge >= 0.3 is 0 Å². The Morgan fingerprint density at radius 3 is 2.19 bits per heavy atom. The van der Waals surface area contributed by atoms with Crippen LogP contribution in [0.1, 0.15) is 32.0 Å². The number of benzene rings is 2. The minimum absolute atomic E-state index is 0.0408. The average Bonchev–Trinajstić information content (AvgIpc) is 2.97. The lowest BCUT2D eigenvalue weighted by atomic mass is 9.92. The Morgan fingerprint density at radius 1 is 1.00 bits per heavy atom. The highest BCUT2D eigenvalue weighted by Gasteiger charge is 2.19. The van der Waals surface area contributed by atoms with Crippen LogP contribution >= 0.6 is 0 Å². The van der Waals surface area contributed by atoms with Crippen LogP contribution in [0.3, 0.4) is 0 Å². The van der Waals surface area contributed by atoms with Crippen LogP contribution < -0.4 is 5.32 Å². The summed E-state index contributed by atoms with van der Waals surface area (Å²) in [4.78, 5) is 12.4. The molecule has 3 aromatic rings. The maximum absolute atomic E-state index is 12.4. The highest BCUT2D eigenvalue weighted by atomic mass is 16.1. The van der Waals surface area contributed by atoms with Gasteiger partial charge in [0.1, 0.15) is 5.82 Å². The predicted octanol–water partition coefficient (Wildman–Crippen LogP) is 4.57. The molecule has 0 aliphatic rings. The van der Waals surface area contributed by atoms with Gasteiger partial charge in [-0.1, -0.05) is 75.4 Å². The Kier molecular flexibility index (Phi) is 4.94. The largest absolute Gasteiger partial charge is 0.311 e. The predicted molar refractivity (Wildman–Crippen MR) is 106 cm³/mol. The molecule has 0 bridgehead atoms. The molecule has 4 heteroatoms. The zero-order valence-corrected chi connectivity index (χ0v) is 15.8. The van der Waals surface area contributed by atoms with Gasteiger partial charge in [0.25, 0.3) is 0 Å². The van der Waals surface area contributed by atoms with Crippen molar-refractivity contribution in [1.82, 2.24) is 9.78 Å². The van der Waals surface area contributed by atoms with Crippen molar-refractivity contribution in [2.75, 3.05) is 5.32 Å². The molecule has 0 saturated heterocycles. The first-order valence-electron chi connectivity index (χ1n) is 8.82. The van der Waals surface area contributed by atoms with E-state index in [0.717, 1.165) is 22.6 Å². The summed E-state index contributed by atoms with van der Waals surface area (Å²) >= 11 is 0. The number of nitrogens with zero attached hydrogens (tertiary/aromatic N) is 2. The Morgan fingerprint density at radius 2 is 1.62 bits per heavy atom. The minimum atomic E-state index is -0.0476. The molecule has 0 aliphatic carbocycles. The summed E-state index contributed by atoms with van der Waals surface area (Å²) in [7, 11) is 1.85. The number of hydrogen-bond donors (Lipinski definition) is 1. The van der Waals surface area contributed by atoms with E-state index in [-0.39, 0.29) is 11.3 Å². The Bertz CT molecular complexity index is 887. The quantitative estimate of drug-likeness (QED) is 0.752. The van der Waals surface area contributed by atoms with Crippen molar-refractivity contribution in [1.29, 1.82) is 0 Å². The Labute approximate surface area is 154 Å². The van der Waals surface area contributed by atoms with Gasteiger partial charge in [0.2, 0.25) is 5.91 Å². The van der Waals surface area contributed by atoms with Crippen LogP contribution in [0.25, 0.3) is 11.1 Å². The molecule has 134 valence electrons. The second-order valence-electron chi connectivity index (χ2n) is 7.58. The molecule has 0 unspecified atom stereocenters. The van der Waals surface area contributed by atoms with E-state index in [4.69, 9.17) is 0 Å². The Balaban J connectivity index is 1.66. The molecular formula is C22H25N3O. The summed E-state index contributed by atoms with van der Waals surface area (Å²) < 4.78 is 1.72. The summed E-state index contributed by atoms with van der Waals surface area (Å²) in [5, 5.41) is 7.45. The number of carbonyl (C=O) groups is 1. The molecule has 1 aromatic heterocycles. The van der Waals surface area contributed by atoms with E-state index in [1.165, 1.54) is 5.56 Å². The fourth-order valence-electron chi connectivity index (χ4n) is 2.77. The highest BCUT2D eigenvalue weighted by molar-refractivity contribution is 5.91. The van der Waals surface area contributed by atoms with Gasteiger partial charge in [0, 0.05) is 18.5 Å². The molecule has 0 spiro atoms. The smallest absolute Gasteiger partial charge is 0.229 e. The average molecular weight is 347 g/mol. The Hall–Kier alpha value is -2.88. The standard InChI is InChI=1S/C22H25N3O/c1-22(2,3)19-15-20(25(4)24-19)23-21(26)14-16-10-12-18(13-11-16)17-8-6-5-7-9-17/h5-13,15H,14H2,1-4H3,(H,23,26). The van der Waals surface area contributed by atoms with E-state index >= 15 is 0 Å². The first-order chi connectivity index (χ1) is 12.3. The van der Waals surface area contributed by atoms with Crippen LogP contribution in [0.15, 0.2) is 60.7 Å². The van der Waals surface area contributed by atoms with Crippen LogP contribution in [-0.4, -0.2) is 15.7 Å². The van der Waals surface area contributed by atoms with Crippen molar-refractivity contribution in [3.63, 3.8) is 0 Å².